The third-order valence-corrected chi connectivity index (χ3v) is 2.41. The summed E-state index contributed by atoms with van der Waals surface area (Å²) in [6.07, 6.45) is 1.78. The summed E-state index contributed by atoms with van der Waals surface area (Å²) in [5.74, 6) is -1.06. The summed E-state index contributed by atoms with van der Waals surface area (Å²) in [5, 5.41) is 0. The molecule has 0 amide bonds. The molecule has 0 atom stereocenters. The Balaban J connectivity index is 2.19. The lowest BCUT2D eigenvalue weighted by Gasteiger charge is -2.27. The maximum Gasteiger partial charge on any atom is 0.168 e. The molecule has 1 aromatic rings. The monoisotopic (exact) mass is 212 g/mol. The number of hydrogen-bond acceptors (Lipinski definition) is 3. The van der Waals surface area contributed by atoms with Crippen molar-refractivity contribution < 1.29 is 13.6 Å². The fraction of sp³-hybridized carbons (Fsp3) is 0.400. The van der Waals surface area contributed by atoms with Crippen molar-refractivity contribution >= 4 is 11.6 Å². The third-order valence-electron chi connectivity index (χ3n) is 2.41. The lowest BCUT2D eigenvalue weighted by Crippen LogP contribution is -2.34. The van der Waals surface area contributed by atoms with Gasteiger partial charge >= 0.3 is 0 Å². The second-order valence-corrected chi connectivity index (χ2v) is 3.48. The smallest absolute Gasteiger partial charge is 0.168 e. The Labute approximate surface area is 85.7 Å². The predicted molar refractivity (Wildman–Crippen MR) is 50.6 cm³/mol. The number of nitrogens with zero attached hydrogens (tertiary/aromatic N) is 2. The van der Waals surface area contributed by atoms with Crippen LogP contribution < -0.4 is 4.90 Å². The van der Waals surface area contributed by atoms with Crippen LogP contribution in [0, 0.1) is 11.6 Å². The van der Waals surface area contributed by atoms with Crippen LogP contribution in [0.15, 0.2) is 12.3 Å². The molecular weight excluding hydrogens is 202 g/mol. The van der Waals surface area contributed by atoms with E-state index in [0.717, 1.165) is 12.3 Å². The Bertz CT molecular complexity index is 385. The lowest BCUT2D eigenvalue weighted by molar-refractivity contribution is -0.119. The second kappa shape index (κ2) is 3.92. The van der Waals surface area contributed by atoms with E-state index in [-0.39, 0.29) is 11.6 Å². The first kappa shape index (κ1) is 10.0. The quantitative estimate of drug-likeness (QED) is 0.707. The minimum absolute atomic E-state index is 0.129. The summed E-state index contributed by atoms with van der Waals surface area (Å²) in [6.45, 7) is 0.906. The van der Waals surface area contributed by atoms with E-state index in [1.54, 1.807) is 4.90 Å². The van der Waals surface area contributed by atoms with Gasteiger partial charge in [-0.25, -0.2) is 13.8 Å². The van der Waals surface area contributed by atoms with Crippen LogP contribution in [0.2, 0.25) is 0 Å². The zero-order chi connectivity index (χ0) is 10.8. The van der Waals surface area contributed by atoms with Gasteiger partial charge in [0.25, 0.3) is 0 Å². The number of piperidine rings is 1. The van der Waals surface area contributed by atoms with E-state index in [9.17, 15) is 13.6 Å². The van der Waals surface area contributed by atoms with Gasteiger partial charge in [-0.05, 0) is 0 Å². The average Bonchev–Trinajstić information content (AvgIpc) is 2.20. The number of ketones is 1. The SMILES string of the molecule is O=C1CCN(c2ncc(F)cc2F)CC1. The molecular formula is C10H10F2N2O. The number of carbonyl (C=O) groups is 1. The number of halogens is 2. The molecule has 1 aliphatic rings. The first-order chi connectivity index (χ1) is 7.16. The number of hydrogen-bond donors (Lipinski definition) is 0. The molecule has 1 aromatic heterocycles. The molecule has 1 aliphatic heterocycles. The van der Waals surface area contributed by atoms with E-state index in [1.165, 1.54) is 0 Å². The van der Waals surface area contributed by atoms with Gasteiger partial charge in [-0.2, -0.15) is 0 Å². The minimum atomic E-state index is -0.690. The molecule has 1 fully saturated rings. The summed E-state index contributed by atoms with van der Waals surface area (Å²) >= 11 is 0. The summed E-state index contributed by atoms with van der Waals surface area (Å²) in [5.41, 5.74) is 0. The highest BCUT2D eigenvalue weighted by molar-refractivity contribution is 5.80. The Morgan fingerprint density at radius 1 is 1.27 bits per heavy atom. The molecule has 0 radical (unpaired) electrons. The van der Waals surface area contributed by atoms with Crippen LogP contribution in [0.3, 0.4) is 0 Å². The van der Waals surface area contributed by atoms with Gasteiger partial charge < -0.3 is 4.90 Å². The molecule has 2 heterocycles. The summed E-state index contributed by atoms with van der Waals surface area (Å²) in [7, 11) is 0. The van der Waals surface area contributed by atoms with E-state index >= 15 is 0 Å². The highest BCUT2D eigenvalue weighted by atomic mass is 19.1. The van der Waals surface area contributed by atoms with Gasteiger partial charge in [0.2, 0.25) is 0 Å². The predicted octanol–water partition coefficient (Wildman–Crippen LogP) is 1.53. The van der Waals surface area contributed by atoms with E-state index in [0.29, 0.717) is 25.9 Å². The standard InChI is InChI=1S/C10H10F2N2O/c11-7-5-9(12)10(13-6-7)14-3-1-8(15)2-4-14/h5-6H,1-4H2. The number of aromatic nitrogens is 1. The number of carbonyl (C=O) groups excluding carboxylic acids is 1. The van der Waals surface area contributed by atoms with Gasteiger partial charge in [-0.3, -0.25) is 4.79 Å². The molecule has 80 valence electrons. The van der Waals surface area contributed by atoms with Gasteiger partial charge in [0.15, 0.2) is 11.6 Å². The van der Waals surface area contributed by atoms with Crippen molar-refractivity contribution in [2.45, 2.75) is 12.8 Å². The highest BCUT2D eigenvalue weighted by Crippen LogP contribution is 2.19. The molecule has 0 aromatic carbocycles. The lowest BCUT2D eigenvalue weighted by atomic mass is 10.1. The van der Waals surface area contributed by atoms with Gasteiger partial charge in [0.1, 0.15) is 11.6 Å². The number of anilines is 1. The van der Waals surface area contributed by atoms with Crippen LogP contribution in [0.5, 0.6) is 0 Å². The van der Waals surface area contributed by atoms with Crippen LogP contribution >= 0.6 is 0 Å². The van der Waals surface area contributed by atoms with Crippen molar-refractivity contribution in [2.75, 3.05) is 18.0 Å². The fourth-order valence-corrected chi connectivity index (χ4v) is 1.61. The zero-order valence-electron chi connectivity index (χ0n) is 8.04. The third kappa shape index (κ3) is 2.11. The maximum atomic E-state index is 13.3. The fourth-order valence-electron chi connectivity index (χ4n) is 1.61. The molecule has 1 saturated heterocycles. The largest absolute Gasteiger partial charge is 0.353 e. The topological polar surface area (TPSA) is 33.2 Å². The first-order valence-corrected chi connectivity index (χ1v) is 4.74. The Kier molecular flexibility index (Phi) is 2.62. The highest BCUT2D eigenvalue weighted by Gasteiger charge is 2.20. The normalized spacial score (nSPS) is 16.9. The average molecular weight is 212 g/mol. The van der Waals surface area contributed by atoms with E-state index in [4.69, 9.17) is 0 Å². The van der Waals surface area contributed by atoms with Gasteiger partial charge in [-0.15, -0.1) is 0 Å². The van der Waals surface area contributed by atoms with Crippen molar-refractivity contribution in [3.63, 3.8) is 0 Å². The van der Waals surface area contributed by atoms with Crippen LogP contribution in [0.1, 0.15) is 12.8 Å². The Morgan fingerprint density at radius 3 is 2.53 bits per heavy atom. The second-order valence-electron chi connectivity index (χ2n) is 3.48. The number of pyridine rings is 1. The van der Waals surface area contributed by atoms with Crippen molar-refractivity contribution in [1.29, 1.82) is 0 Å². The first-order valence-electron chi connectivity index (χ1n) is 4.74. The minimum Gasteiger partial charge on any atom is -0.353 e. The van der Waals surface area contributed by atoms with Crippen LogP contribution in [-0.2, 0) is 4.79 Å². The summed E-state index contributed by atoms with van der Waals surface area (Å²) in [4.78, 5) is 16.3. The van der Waals surface area contributed by atoms with E-state index in [2.05, 4.69) is 4.98 Å². The van der Waals surface area contributed by atoms with Gasteiger partial charge in [0, 0.05) is 32.0 Å². The van der Waals surface area contributed by atoms with Crippen molar-refractivity contribution in [2.24, 2.45) is 0 Å². The molecule has 0 N–H and O–H groups in total. The molecule has 0 saturated carbocycles. The number of Topliss-reactive ketones (excluding diaryl/α,β-unsaturated/α-hetero) is 1. The van der Waals surface area contributed by atoms with Crippen molar-refractivity contribution in [1.82, 2.24) is 4.98 Å². The Morgan fingerprint density at radius 2 is 1.93 bits per heavy atom. The molecule has 0 aliphatic carbocycles. The molecule has 0 spiro atoms. The van der Waals surface area contributed by atoms with Crippen LogP contribution in [0.25, 0.3) is 0 Å². The van der Waals surface area contributed by atoms with Gasteiger partial charge in [0.05, 0.1) is 6.20 Å². The summed E-state index contributed by atoms with van der Waals surface area (Å²) < 4.78 is 25.9. The van der Waals surface area contributed by atoms with Crippen LogP contribution in [0.4, 0.5) is 14.6 Å². The van der Waals surface area contributed by atoms with E-state index < -0.39 is 11.6 Å². The van der Waals surface area contributed by atoms with Crippen molar-refractivity contribution in [3.8, 4) is 0 Å². The molecule has 3 nitrogen and oxygen atoms in total. The Hall–Kier alpha value is -1.52. The van der Waals surface area contributed by atoms with E-state index in [1.807, 2.05) is 0 Å². The maximum absolute atomic E-state index is 13.3. The molecule has 5 heteroatoms. The number of rotatable bonds is 1. The van der Waals surface area contributed by atoms with Crippen LogP contribution in [-0.4, -0.2) is 23.9 Å². The van der Waals surface area contributed by atoms with Crippen molar-refractivity contribution in [3.05, 3.63) is 23.9 Å². The summed E-state index contributed by atoms with van der Waals surface area (Å²) in [6, 6.07) is 0.804. The molecule has 2 rings (SSSR count). The van der Waals surface area contributed by atoms with Gasteiger partial charge in [-0.1, -0.05) is 0 Å². The molecule has 0 bridgehead atoms. The molecule has 0 unspecified atom stereocenters. The molecule has 15 heavy (non-hydrogen) atoms. The zero-order valence-corrected chi connectivity index (χ0v) is 8.04.